The zero-order valence-corrected chi connectivity index (χ0v) is 11.3. The number of rotatable bonds is 4. The molecule has 0 saturated heterocycles. The minimum Gasteiger partial charge on any atom is -1.00 e. The van der Waals surface area contributed by atoms with Crippen LogP contribution in [-0.4, -0.2) is 18.4 Å². The molecule has 0 aromatic heterocycles. The normalized spacial score (nSPS) is 10.1. The first kappa shape index (κ1) is 15.8. The van der Waals surface area contributed by atoms with E-state index in [2.05, 4.69) is 4.28 Å². The predicted molar refractivity (Wildman–Crippen MR) is 49.5 cm³/mol. The summed E-state index contributed by atoms with van der Waals surface area (Å²) >= 11 is 0. The average Bonchev–Trinajstić information content (AvgIpc) is 2.16. The monoisotopic (exact) mass is 272 g/mol. The van der Waals surface area contributed by atoms with Crippen LogP contribution >= 0.6 is 0 Å². The van der Waals surface area contributed by atoms with E-state index < -0.39 is 30.7 Å². The molecule has 0 aliphatic heterocycles. The minimum absolute atomic E-state index is 0. The molecule has 88 valence electrons. The van der Waals surface area contributed by atoms with Crippen LogP contribution in [0.2, 0.25) is 0 Å². The van der Waals surface area contributed by atoms with Crippen LogP contribution in [-0.2, 0) is 14.4 Å². The number of nitro benzene ring substituents is 1. The fourth-order valence-electron chi connectivity index (χ4n) is 0.876. The van der Waals surface area contributed by atoms with E-state index >= 15 is 0 Å². The van der Waals surface area contributed by atoms with Crippen molar-refractivity contribution in [2.75, 3.05) is 0 Å². The third kappa shape index (κ3) is 4.26. The Morgan fingerprint density at radius 2 is 1.82 bits per heavy atom. The van der Waals surface area contributed by atoms with Gasteiger partial charge in [-0.1, -0.05) is 6.07 Å². The Morgan fingerprint density at radius 3 is 2.29 bits per heavy atom. The van der Waals surface area contributed by atoms with Gasteiger partial charge in [0.05, 0.1) is 9.82 Å². The molecule has 0 heterocycles. The Balaban J connectivity index is 0. The molecule has 0 bridgehead atoms. The van der Waals surface area contributed by atoms with Gasteiger partial charge < -0.3 is 1.43 Å². The third-order valence-electron chi connectivity index (χ3n) is 1.48. The molecule has 0 radical (unpaired) electrons. The molecule has 9 nitrogen and oxygen atoms in total. The minimum atomic E-state index is -4.62. The second kappa shape index (κ2) is 5.91. The number of benzene rings is 1. The van der Waals surface area contributed by atoms with Crippen molar-refractivity contribution in [2.24, 2.45) is 0 Å². The summed E-state index contributed by atoms with van der Waals surface area (Å²) in [6.45, 7) is 0. The fourth-order valence-corrected chi connectivity index (χ4v) is 1.63. The van der Waals surface area contributed by atoms with Gasteiger partial charge >= 0.3 is 44.8 Å². The molecule has 0 amide bonds. The molecular weight excluding hydrogens is 267 g/mol. The molecule has 0 N–H and O–H groups in total. The summed E-state index contributed by atoms with van der Waals surface area (Å²) in [6, 6.07) is 3.74. The van der Waals surface area contributed by atoms with Gasteiger partial charge in [0.2, 0.25) is 0 Å². The number of nitrogens with zero attached hydrogens (tertiary/aromatic N) is 2. The summed E-state index contributed by atoms with van der Waals surface area (Å²) in [5, 5.41) is 18.7. The van der Waals surface area contributed by atoms with Gasteiger partial charge in [-0.3, -0.25) is 10.1 Å². The van der Waals surface area contributed by atoms with Crippen LogP contribution in [0.25, 0.3) is 0 Å². The van der Waals surface area contributed by atoms with E-state index in [4.69, 9.17) is 0 Å². The SMILES string of the molecule is O=[N+]([O-])OS(=O)(=O)c1cccc([N+](=O)[O-])c1.[H-].[Na+]. The maximum atomic E-state index is 11.1. The number of hydrogen-bond acceptors (Lipinski definition) is 7. The zero-order valence-electron chi connectivity index (χ0n) is 9.47. The molecule has 0 fully saturated rings. The topological polar surface area (TPSA) is 130 Å². The summed E-state index contributed by atoms with van der Waals surface area (Å²) in [6.07, 6.45) is 0. The van der Waals surface area contributed by atoms with E-state index in [1.165, 1.54) is 0 Å². The summed E-state index contributed by atoms with van der Waals surface area (Å²) < 4.78 is 25.7. The molecule has 0 spiro atoms. The van der Waals surface area contributed by atoms with E-state index in [1.807, 2.05) is 0 Å². The van der Waals surface area contributed by atoms with Crippen LogP contribution in [0.4, 0.5) is 5.69 Å². The zero-order chi connectivity index (χ0) is 12.3. The van der Waals surface area contributed by atoms with E-state index in [0.717, 1.165) is 18.2 Å². The van der Waals surface area contributed by atoms with Crippen molar-refractivity contribution < 1.29 is 53.7 Å². The summed E-state index contributed by atoms with van der Waals surface area (Å²) in [5.74, 6) is 0. The molecule has 0 unspecified atom stereocenters. The Bertz CT molecular complexity index is 549. The van der Waals surface area contributed by atoms with Gasteiger partial charge in [0, 0.05) is 12.1 Å². The van der Waals surface area contributed by atoms with Crippen LogP contribution in [0.3, 0.4) is 0 Å². The van der Waals surface area contributed by atoms with Crippen molar-refractivity contribution in [1.82, 2.24) is 0 Å². The molecule has 0 saturated carbocycles. The fraction of sp³-hybridized carbons (Fsp3) is 0. The van der Waals surface area contributed by atoms with Crippen LogP contribution in [0.5, 0.6) is 0 Å². The van der Waals surface area contributed by atoms with Crippen LogP contribution in [0.15, 0.2) is 29.2 Å². The smallest absolute Gasteiger partial charge is 1.00 e. The Labute approximate surface area is 119 Å². The van der Waals surface area contributed by atoms with Gasteiger partial charge in [0.1, 0.15) is 0 Å². The summed E-state index contributed by atoms with van der Waals surface area (Å²) in [5.41, 5.74) is -0.506. The summed E-state index contributed by atoms with van der Waals surface area (Å²) in [4.78, 5) is 18.7. The van der Waals surface area contributed by atoms with E-state index in [1.54, 1.807) is 0 Å². The second-order valence-electron chi connectivity index (χ2n) is 2.51. The Hall–Kier alpha value is -1.23. The predicted octanol–water partition coefficient (Wildman–Crippen LogP) is -2.39. The summed E-state index contributed by atoms with van der Waals surface area (Å²) in [7, 11) is -4.62. The Morgan fingerprint density at radius 1 is 1.24 bits per heavy atom. The first-order valence-electron chi connectivity index (χ1n) is 3.66. The maximum absolute atomic E-state index is 11.1. The second-order valence-corrected chi connectivity index (χ2v) is 4.04. The molecule has 1 aromatic carbocycles. The first-order chi connectivity index (χ1) is 7.33. The van der Waals surface area contributed by atoms with Gasteiger partial charge in [-0.25, -0.2) is 0 Å². The van der Waals surface area contributed by atoms with Gasteiger partial charge in [-0.2, -0.15) is 12.7 Å². The Kier molecular flexibility index (Phi) is 5.48. The van der Waals surface area contributed by atoms with Gasteiger partial charge in [-0.05, 0) is 6.07 Å². The molecule has 17 heavy (non-hydrogen) atoms. The van der Waals surface area contributed by atoms with Crippen molar-refractivity contribution >= 4 is 15.8 Å². The maximum Gasteiger partial charge on any atom is 1.00 e. The number of nitro groups is 1. The van der Waals surface area contributed by atoms with E-state index in [9.17, 15) is 28.6 Å². The van der Waals surface area contributed by atoms with Crippen molar-refractivity contribution in [1.29, 1.82) is 0 Å². The van der Waals surface area contributed by atoms with Crippen LogP contribution in [0, 0.1) is 20.2 Å². The first-order valence-corrected chi connectivity index (χ1v) is 5.07. The quantitative estimate of drug-likeness (QED) is 0.339. The molecule has 0 aliphatic carbocycles. The largest absolute Gasteiger partial charge is 1.00 e. The molecule has 0 aliphatic rings. The molecular formula is C6H5N2NaO7S. The van der Waals surface area contributed by atoms with Gasteiger partial charge in [0.15, 0.2) is 0 Å². The average molecular weight is 272 g/mol. The number of non-ortho nitro benzene ring substituents is 1. The van der Waals surface area contributed by atoms with Gasteiger partial charge in [0.25, 0.3) is 5.69 Å². The molecule has 11 heteroatoms. The van der Waals surface area contributed by atoms with Crippen molar-refractivity contribution in [2.45, 2.75) is 4.90 Å². The molecule has 1 rings (SSSR count). The molecule has 0 atom stereocenters. The molecule has 1 aromatic rings. The van der Waals surface area contributed by atoms with E-state index in [0.29, 0.717) is 6.07 Å². The third-order valence-corrected chi connectivity index (χ3v) is 2.63. The van der Waals surface area contributed by atoms with Crippen molar-refractivity contribution in [3.8, 4) is 0 Å². The van der Waals surface area contributed by atoms with Crippen molar-refractivity contribution in [3.05, 3.63) is 44.5 Å². The number of hydrogen-bond donors (Lipinski definition) is 0. The van der Waals surface area contributed by atoms with E-state index in [-0.39, 0.29) is 31.0 Å². The van der Waals surface area contributed by atoms with Crippen LogP contribution < -0.4 is 29.6 Å². The van der Waals surface area contributed by atoms with Crippen molar-refractivity contribution in [3.63, 3.8) is 0 Å². The van der Waals surface area contributed by atoms with Gasteiger partial charge in [-0.15, -0.1) is 10.1 Å². The standard InChI is InChI=1S/C6H4N2O7S.Na.H/c9-7(10)5-2-1-3-6(4-5)16(13,14)15-8(11)12;;/h1-4H;;/q;+1;-1. The van der Waals surface area contributed by atoms with Crippen LogP contribution in [0.1, 0.15) is 1.43 Å².